The summed E-state index contributed by atoms with van der Waals surface area (Å²) < 4.78 is 9.29. The van der Waals surface area contributed by atoms with E-state index in [9.17, 15) is 0 Å². The SMILES string of the molecule is C=C/C=C(\c1oc2ccccc2c1C)N(c1cccc(-c2cccc3c2sc2ccccc23)c1)c1cc2ccccc2c2ccccc12. The summed E-state index contributed by atoms with van der Waals surface area (Å²) in [5.41, 5.74) is 7.41. The van der Waals surface area contributed by atoms with Gasteiger partial charge >= 0.3 is 0 Å². The lowest BCUT2D eigenvalue weighted by atomic mass is 9.97. The minimum absolute atomic E-state index is 0.824. The topological polar surface area (TPSA) is 16.4 Å². The molecule has 48 heavy (non-hydrogen) atoms. The fourth-order valence-corrected chi connectivity index (χ4v) is 8.43. The van der Waals surface area contributed by atoms with Crippen LogP contribution in [-0.4, -0.2) is 0 Å². The van der Waals surface area contributed by atoms with E-state index >= 15 is 0 Å². The molecule has 9 rings (SSSR count). The normalized spacial score (nSPS) is 12.1. The Morgan fingerprint density at radius 1 is 0.646 bits per heavy atom. The summed E-state index contributed by atoms with van der Waals surface area (Å²) >= 11 is 1.86. The highest BCUT2D eigenvalue weighted by Gasteiger charge is 2.25. The van der Waals surface area contributed by atoms with Crippen molar-refractivity contribution in [3.8, 4) is 11.1 Å². The van der Waals surface area contributed by atoms with Crippen molar-refractivity contribution in [1.29, 1.82) is 0 Å². The second-order valence-electron chi connectivity index (χ2n) is 12.2. The van der Waals surface area contributed by atoms with Crippen LogP contribution in [0.5, 0.6) is 0 Å². The molecular formula is C45H31NOS. The van der Waals surface area contributed by atoms with Crippen LogP contribution < -0.4 is 4.90 Å². The van der Waals surface area contributed by atoms with Crippen LogP contribution in [0.1, 0.15) is 11.3 Å². The summed E-state index contributed by atoms with van der Waals surface area (Å²) in [5.74, 6) is 0.824. The Bertz CT molecular complexity index is 2720. The maximum absolute atomic E-state index is 6.69. The Labute approximate surface area is 283 Å². The quantitative estimate of drug-likeness (QED) is 0.134. The van der Waals surface area contributed by atoms with Crippen molar-refractivity contribution in [3.63, 3.8) is 0 Å². The molecule has 0 saturated heterocycles. The van der Waals surface area contributed by atoms with Gasteiger partial charge in [0.1, 0.15) is 5.58 Å². The van der Waals surface area contributed by atoms with Gasteiger partial charge < -0.3 is 9.32 Å². The van der Waals surface area contributed by atoms with Crippen molar-refractivity contribution in [1.82, 2.24) is 0 Å². The van der Waals surface area contributed by atoms with Crippen LogP contribution in [-0.2, 0) is 0 Å². The third-order valence-electron chi connectivity index (χ3n) is 9.40. The summed E-state index contributed by atoms with van der Waals surface area (Å²) in [6, 6.07) is 52.2. The van der Waals surface area contributed by atoms with Crippen LogP contribution >= 0.6 is 11.3 Å². The van der Waals surface area contributed by atoms with Crippen molar-refractivity contribution in [3.05, 3.63) is 176 Å². The first-order valence-corrected chi connectivity index (χ1v) is 17.0. The number of fused-ring (bicyclic) bond motifs is 7. The van der Waals surface area contributed by atoms with Gasteiger partial charge in [0.15, 0.2) is 5.76 Å². The average molecular weight is 634 g/mol. The maximum atomic E-state index is 6.69. The zero-order valence-corrected chi connectivity index (χ0v) is 27.3. The number of hydrogen-bond acceptors (Lipinski definition) is 3. The number of thiophene rings is 1. The molecule has 0 aliphatic heterocycles. The molecule has 2 nitrogen and oxygen atoms in total. The molecular weight excluding hydrogens is 603 g/mol. The molecule has 0 atom stereocenters. The Kier molecular flexibility index (Phi) is 6.74. The van der Waals surface area contributed by atoms with Gasteiger partial charge in [-0.05, 0) is 70.6 Å². The summed E-state index contributed by atoms with van der Waals surface area (Å²) in [4.78, 5) is 2.36. The van der Waals surface area contributed by atoms with Crippen LogP contribution in [0, 0.1) is 6.92 Å². The fraction of sp³-hybridized carbons (Fsp3) is 0.0222. The van der Waals surface area contributed by atoms with E-state index in [4.69, 9.17) is 4.42 Å². The zero-order chi connectivity index (χ0) is 32.2. The van der Waals surface area contributed by atoms with Gasteiger partial charge in [-0.15, -0.1) is 11.3 Å². The van der Waals surface area contributed by atoms with Crippen LogP contribution in [0.25, 0.3) is 69.5 Å². The molecule has 2 heterocycles. The van der Waals surface area contributed by atoms with Crippen molar-refractivity contribution >= 4 is 81.1 Å². The molecule has 2 aromatic heterocycles. The molecule has 0 aliphatic rings. The summed E-state index contributed by atoms with van der Waals surface area (Å²) in [7, 11) is 0. The molecule has 0 fully saturated rings. The van der Waals surface area contributed by atoms with E-state index in [1.165, 1.54) is 47.5 Å². The van der Waals surface area contributed by atoms with Crippen molar-refractivity contribution in [2.75, 3.05) is 4.90 Å². The van der Waals surface area contributed by atoms with Crippen molar-refractivity contribution < 1.29 is 4.42 Å². The van der Waals surface area contributed by atoms with E-state index in [-0.39, 0.29) is 0 Å². The Morgan fingerprint density at radius 2 is 1.33 bits per heavy atom. The lowest BCUT2D eigenvalue weighted by Gasteiger charge is -2.29. The van der Waals surface area contributed by atoms with E-state index in [1.807, 2.05) is 29.5 Å². The first-order valence-electron chi connectivity index (χ1n) is 16.2. The van der Waals surface area contributed by atoms with Crippen molar-refractivity contribution in [2.24, 2.45) is 0 Å². The lowest BCUT2D eigenvalue weighted by Crippen LogP contribution is -2.16. The van der Waals surface area contributed by atoms with E-state index in [1.54, 1.807) is 0 Å². The van der Waals surface area contributed by atoms with E-state index in [0.717, 1.165) is 44.8 Å². The van der Waals surface area contributed by atoms with Crippen molar-refractivity contribution in [2.45, 2.75) is 6.92 Å². The van der Waals surface area contributed by atoms with Gasteiger partial charge in [0.2, 0.25) is 0 Å². The molecule has 0 unspecified atom stereocenters. The minimum atomic E-state index is 0.824. The highest BCUT2D eigenvalue weighted by Crippen LogP contribution is 2.46. The first kappa shape index (κ1) is 28.3. The molecule has 0 spiro atoms. The number of para-hydroxylation sites is 1. The Balaban J connectivity index is 1.34. The van der Waals surface area contributed by atoms with Gasteiger partial charge in [-0.1, -0.05) is 128 Å². The van der Waals surface area contributed by atoms with Crippen LogP contribution in [0.2, 0.25) is 0 Å². The van der Waals surface area contributed by atoms with E-state index in [2.05, 4.69) is 158 Å². The van der Waals surface area contributed by atoms with Gasteiger partial charge in [-0.2, -0.15) is 0 Å². The van der Waals surface area contributed by atoms with Gasteiger partial charge in [0.05, 0.1) is 11.4 Å². The average Bonchev–Trinajstić information content (AvgIpc) is 3.69. The van der Waals surface area contributed by atoms with Gasteiger partial charge in [0.25, 0.3) is 0 Å². The van der Waals surface area contributed by atoms with Gasteiger partial charge in [0, 0.05) is 42.2 Å². The molecule has 7 aromatic carbocycles. The molecule has 0 bridgehead atoms. The fourth-order valence-electron chi connectivity index (χ4n) is 7.20. The molecule has 0 radical (unpaired) electrons. The van der Waals surface area contributed by atoms with E-state index < -0.39 is 0 Å². The summed E-state index contributed by atoms with van der Waals surface area (Å²) in [6.07, 6.45) is 3.94. The standard InChI is InChI=1S/C45H31NOS/c1-3-14-40(44-29(2)33-18-8-10-25-42(33)47-44)46(41-28-31-15-4-5-19-34(31)36-20-6-7-21-37(36)41)32-17-12-16-30(27-32)35-23-13-24-39-38-22-9-11-26-43(38)48-45(35)39/h3-28H,1H2,2H3/b40-14+. The Hall–Kier alpha value is -5.90. The molecule has 0 amide bonds. The van der Waals surface area contributed by atoms with Crippen LogP contribution in [0.4, 0.5) is 11.4 Å². The molecule has 0 aliphatic carbocycles. The zero-order valence-electron chi connectivity index (χ0n) is 26.5. The van der Waals surface area contributed by atoms with Crippen LogP contribution in [0.15, 0.2) is 169 Å². The summed E-state index contributed by atoms with van der Waals surface area (Å²) in [6.45, 7) is 6.31. The lowest BCUT2D eigenvalue weighted by molar-refractivity contribution is 0.595. The molecule has 3 heteroatoms. The third-order valence-corrected chi connectivity index (χ3v) is 10.6. The van der Waals surface area contributed by atoms with Gasteiger partial charge in [-0.3, -0.25) is 0 Å². The number of anilines is 2. The molecule has 228 valence electrons. The smallest absolute Gasteiger partial charge is 0.155 e. The predicted octanol–water partition coefficient (Wildman–Crippen LogP) is 13.4. The highest BCUT2D eigenvalue weighted by atomic mass is 32.1. The number of hydrogen-bond donors (Lipinski definition) is 0. The van der Waals surface area contributed by atoms with Gasteiger partial charge in [-0.25, -0.2) is 0 Å². The first-order chi connectivity index (χ1) is 23.7. The number of allylic oxidation sites excluding steroid dienone is 2. The second kappa shape index (κ2) is 11.4. The number of aryl methyl sites for hydroxylation is 1. The summed E-state index contributed by atoms with van der Waals surface area (Å²) in [5, 5.41) is 8.49. The molecule has 0 N–H and O–H groups in total. The third kappa shape index (κ3) is 4.47. The highest BCUT2D eigenvalue weighted by molar-refractivity contribution is 7.26. The number of furan rings is 1. The van der Waals surface area contributed by atoms with E-state index in [0.29, 0.717) is 0 Å². The molecule has 0 saturated carbocycles. The number of nitrogens with zero attached hydrogens (tertiary/aromatic N) is 1. The maximum Gasteiger partial charge on any atom is 0.155 e. The number of benzene rings is 7. The minimum Gasteiger partial charge on any atom is -0.454 e. The predicted molar refractivity (Wildman–Crippen MR) is 207 cm³/mol. The number of rotatable bonds is 6. The van der Waals surface area contributed by atoms with Crippen LogP contribution in [0.3, 0.4) is 0 Å². The molecule has 9 aromatic rings. The second-order valence-corrected chi connectivity index (χ2v) is 13.2. The largest absolute Gasteiger partial charge is 0.454 e. The Morgan fingerprint density at radius 3 is 2.17 bits per heavy atom. The monoisotopic (exact) mass is 633 g/mol.